The number of hydrogen-bond donors (Lipinski definition) is 1. The second kappa shape index (κ2) is 3.94. The number of benzene rings is 1. The second-order valence-electron chi connectivity index (χ2n) is 3.17. The Morgan fingerprint density at radius 1 is 1.40 bits per heavy atom. The predicted molar refractivity (Wildman–Crippen MR) is 62.3 cm³/mol. The number of nitrogens with zero attached hydrogens (tertiary/aromatic N) is 3. The summed E-state index contributed by atoms with van der Waals surface area (Å²) in [6.07, 6.45) is 2.04. The van der Waals surface area contributed by atoms with Crippen molar-refractivity contribution in [2.75, 3.05) is 12.0 Å². The van der Waals surface area contributed by atoms with Gasteiger partial charge in [-0.15, -0.1) is 16.9 Å². The van der Waals surface area contributed by atoms with Gasteiger partial charge < -0.3 is 5.73 Å². The summed E-state index contributed by atoms with van der Waals surface area (Å²) < 4.78 is 1.75. The van der Waals surface area contributed by atoms with Gasteiger partial charge in [0, 0.05) is 4.90 Å². The van der Waals surface area contributed by atoms with E-state index in [4.69, 9.17) is 5.73 Å². The molecule has 0 saturated heterocycles. The monoisotopic (exact) mass is 220 g/mol. The molecule has 1 aromatic heterocycles. The third-order valence-electron chi connectivity index (χ3n) is 2.23. The molecule has 0 bridgehead atoms. The molecule has 0 saturated carbocycles. The maximum Gasteiger partial charge on any atom is 0.169 e. The second-order valence-corrected chi connectivity index (χ2v) is 4.05. The van der Waals surface area contributed by atoms with Gasteiger partial charge in [0.15, 0.2) is 5.82 Å². The van der Waals surface area contributed by atoms with Crippen LogP contribution >= 0.6 is 11.8 Å². The highest BCUT2D eigenvalue weighted by Crippen LogP contribution is 2.19. The van der Waals surface area contributed by atoms with Crippen molar-refractivity contribution in [1.29, 1.82) is 0 Å². The van der Waals surface area contributed by atoms with Crippen molar-refractivity contribution >= 4 is 17.6 Å². The Hall–Kier alpha value is -1.49. The van der Waals surface area contributed by atoms with Gasteiger partial charge in [0.25, 0.3) is 0 Å². The average Bonchev–Trinajstić information content (AvgIpc) is 2.60. The van der Waals surface area contributed by atoms with E-state index in [1.807, 2.05) is 25.3 Å². The van der Waals surface area contributed by atoms with Crippen LogP contribution < -0.4 is 5.73 Å². The number of nitrogens with two attached hydrogens (primary N) is 1. The molecule has 15 heavy (non-hydrogen) atoms. The minimum absolute atomic E-state index is 0.476. The maximum absolute atomic E-state index is 5.65. The Kier molecular flexibility index (Phi) is 2.64. The van der Waals surface area contributed by atoms with E-state index < -0.39 is 0 Å². The van der Waals surface area contributed by atoms with E-state index in [9.17, 15) is 0 Å². The number of anilines is 1. The van der Waals surface area contributed by atoms with Crippen molar-refractivity contribution in [3.05, 3.63) is 30.0 Å². The van der Waals surface area contributed by atoms with E-state index in [2.05, 4.69) is 22.4 Å². The standard InChI is InChI=1S/C10H12N4S/c1-7-10(11)12-13-14(7)8-4-3-5-9(6-8)15-2/h3-6H,11H2,1-2H3. The van der Waals surface area contributed by atoms with Gasteiger partial charge in [-0.05, 0) is 31.4 Å². The summed E-state index contributed by atoms with van der Waals surface area (Å²) in [5.41, 5.74) is 7.51. The first kappa shape index (κ1) is 10.0. The van der Waals surface area contributed by atoms with Crippen LogP contribution in [0, 0.1) is 6.92 Å². The van der Waals surface area contributed by atoms with Crippen LogP contribution in [0.3, 0.4) is 0 Å². The molecule has 0 spiro atoms. The smallest absolute Gasteiger partial charge is 0.169 e. The number of thioether (sulfide) groups is 1. The van der Waals surface area contributed by atoms with Gasteiger partial charge in [-0.2, -0.15) is 0 Å². The molecule has 1 heterocycles. The summed E-state index contributed by atoms with van der Waals surface area (Å²) in [7, 11) is 0. The Morgan fingerprint density at radius 2 is 2.20 bits per heavy atom. The van der Waals surface area contributed by atoms with Crippen molar-refractivity contribution in [2.24, 2.45) is 0 Å². The van der Waals surface area contributed by atoms with E-state index in [-0.39, 0.29) is 0 Å². The van der Waals surface area contributed by atoms with Crippen LogP contribution in [-0.2, 0) is 0 Å². The fourth-order valence-electron chi connectivity index (χ4n) is 1.33. The van der Waals surface area contributed by atoms with Crippen LogP contribution in [0.15, 0.2) is 29.2 Å². The van der Waals surface area contributed by atoms with Gasteiger partial charge >= 0.3 is 0 Å². The molecular weight excluding hydrogens is 208 g/mol. The molecule has 0 fully saturated rings. The van der Waals surface area contributed by atoms with Gasteiger partial charge in [-0.25, -0.2) is 4.68 Å². The van der Waals surface area contributed by atoms with Crippen molar-refractivity contribution in [3.63, 3.8) is 0 Å². The molecule has 0 aliphatic rings. The van der Waals surface area contributed by atoms with Crippen molar-refractivity contribution in [2.45, 2.75) is 11.8 Å². The van der Waals surface area contributed by atoms with E-state index >= 15 is 0 Å². The summed E-state index contributed by atoms with van der Waals surface area (Å²) in [6, 6.07) is 8.11. The molecule has 0 radical (unpaired) electrons. The van der Waals surface area contributed by atoms with Crippen LogP contribution in [0.25, 0.3) is 5.69 Å². The highest BCUT2D eigenvalue weighted by atomic mass is 32.2. The number of nitrogen functional groups attached to an aromatic ring is 1. The van der Waals surface area contributed by atoms with Gasteiger partial charge in [0.05, 0.1) is 11.4 Å². The van der Waals surface area contributed by atoms with E-state index in [1.165, 1.54) is 4.90 Å². The number of rotatable bonds is 2. The molecule has 2 aromatic rings. The highest BCUT2D eigenvalue weighted by molar-refractivity contribution is 7.98. The average molecular weight is 220 g/mol. The lowest BCUT2D eigenvalue weighted by atomic mass is 10.3. The summed E-state index contributed by atoms with van der Waals surface area (Å²) in [5.74, 6) is 0.476. The zero-order chi connectivity index (χ0) is 10.8. The maximum atomic E-state index is 5.65. The predicted octanol–water partition coefficient (Wildman–Crippen LogP) is 1.88. The lowest BCUT2D eigenvalue weighted by Crippen LogP contribution is -1.99. The third-order valence-corrected chi connectivity index (χ3v) is 2.95. The minimum atomic E-state index is 0.476. The summed E-state index contributed by atoms with van der Waals surface area (Å²) in [4.78, 5) is 1.20. The molecule has 4 nitrogen and oxygen atoms in total. The fraction of sp³-hybridized carbons (Fsp3) is 0.200. The molecule has 0 aliphatic heterocycles. The van der Waals surface area contributed by atoms with E-state index in [0.717, 1.165) is 11.4 Å². The zero-order valence-electron chi connectivity index (χ0n) is 8.64. The molecule has 78 valence electrons. The van der Waals surface area contributed by atoms with Gasteiger partial charge in [-0.1, -0.05) is 11.3 Å². The lowest BCUT2D eigenvalue weighted by Gasteiger charge is -2.04. The van der Waals surface area contributed by atoms with Crippen molar-refractivity contribution in [3.8, 4) is 5.69 Å². The first-order valence-corrected chi connectivity index (χ1v) is 5.77. The van der Waals surface area contributed by atoms with Crippen LogP contribution in [0.2, 0.25) is 0 Å². The summed E-state index contributed by atoms with van der Waals surface area (Å²) in [5, 5.41) is 7.83. The first-order chi connectivity index (χ1) is 7.22. The molecule has 0 atom stereocenters. The van der Waals surface area contributed by atoms with Crippen molar-refractivity contribution < 1.29 is 0 Å². The largest absolute Gasteiger partial charge is 0.381 e. The molecule has 2 rings (SSSR count). The van der Waals surface area contributed by atoms with Gasteiger partial charge in [0.1, 0.15) is 0 Å². The molecule has 5 heteroatoms. The van der Waals surface area contributed by atoms with E-state index in [0.29, 0.717) is 5.82 Å². The molecule has 1 aromatic carbocycles. The van der Waals surface area contributed by atoms with Crippen LogP contribution in [0.4, 0.5) is 5.82 Å². The molecule has 0 aliphatic carbocycles. The Bertz CT molecular complexity index is 478. The minimum Gasteiger partial charge on any atom is -0.381 e. The fourth-order valence-corrected chi connectivity index (χ4v) is 1.78. The topological polar surface area (TPSA) is 56.7 Å². The van der Waals surface area contributed by atoms with Crippen LogP contribution in [0.5, 0.6) is 0 Å². The molecular formula is C10H12N4S. The third kappa shape index (κ3) is 1.83. The Morgan fingerprint density at radius 3 is 2.80 bits per heavy atom. The molecule has 2 N–H and O–H groups in total. The van der Waals surface area contributed by atoms with Gasteiger partial charge in [0.2, 0.25) is 0 Å². The summed E-state index contributed by atoms with van der Waals surface area (Å²) in [6.45, 7) is 1.90. The molecule has 0 unspecified atom stereocenters. The normalized spacial score (nSPS) is 10.5. The molecule has 0 amide bonds. The SMILES string of the molecule is CSc1cccc(-n2nnc(N)c2C)c1. The van der Waals surface area contributed by atoms with Crippen LogP contribution in [-0.4, -0.2) is 21.2 Å². The Balaban J connectivity index is 2.49. The Labute approximate surface area is 92.5 Å². The first-order valence-electron chi connectivity index (χ1n) is 4.54. The van der Waals surface area contributed by atoms with Crippen LogP contribution in [0.1, 0.15) is 5.69 Å². The van der Waals surface area contributed by atoms with Gasteiger partial charge in [-0.3, -0.25) is 0 Å². The quantitative estimate of drug-likeness (QED) is 0.785. The number of hydrogen-bond acceptors (Lipinski definition) is 4. The van der Waals surface area contributed by atoms with E-state index in [1.54, 1.807) is 16.4 Å². The zero-order valence-corrected chi connectivity index (χ0v) is 9.45. The summed E-state index contributed by atoms with van der Waals surface area (Å²) >= 11 is 1.70. The number of aromatic nitrogens is 3. The van der Waals surface area contributed by atoms with Crippen molar-refractivity contribution in [1.82, 2.24) is 15.0 Å². The highest BCUT2D eigenvalue weighted by Gasteiger charge is 2.06. The lowest BCUT2D eigenvalue weighted by molar-refractivity contribution is 0.783.